The van der Waals surface area contributed by atoms with Gasteiger partial charge in [-0.25, -0.2) is 13.4 Å². The molecule has 0 bridgehead atoms. The fourth-order valence-electron chi connectivity index (χ4n) is 6.54. The fraction of sp³-hybridized carbons (Fsp3) is 0.286. The van der Waals surface area contributed by atoms with Gasteiger partial charge in [0, 0.05) is 31.2 Å². The van der Waals surface area contributed by atoms with Crippen LogP contribution in [0.3, 0.4) is 0 Å². The number of piperazine rings is 1. The minimum absolute atomic E-state index is 0.0934. The molecule has 3 atom stereocenters. The summed E-state index contributed by atoms with van der Waals surface area (Å²) in [5.41, 5.74) is 2.89. The average molecular weight is 673 g/mol. The highest BCUT2D eigenvalue weighted by molar-refractivity contribution is 7.80. The van der Waals surface area contributed by atoms with Gasteiger partial charge in [-0.3, -0.25) is 23.9 Å². The highest BCUT2D eigenvalue weighted by Crippen LogP contribution is 2.32. The molecular formula is C35H37FN6O5S. The monoisotopic (exact) mass is 672 g/mol. The lowest BCUT2D eigenvalue weighted by molar-refractivity contribution is -0.158. The Labute approximate surface area is 280 Å². The van der Waals surface area contributed by atoms with Crippen molar-refractivity contribution in [2.24, 2.45) is 0 Å². The second kappa shape index (κ2) is 14.1. The third-order valence-corrected chi connectivity index (χ3v) is 9.14. The van der Waals surface area contributed by atoms with E-state index in [1.165, 1.54) is 17.1 Å². The van der Waals surface area contributed by atoms with Crippen LogP contribution in [0.4, 0.5) is 14.9 Å². The van der Waals surface area contributed by atoms with Crippen molar-refractivity contribution in [3.8, 4) is 0 Å². The van der Waals surface area contributed by atoms with Crippen molar-refractivity contribution in [2.45, 2.75) is 51.6 Å². The van der Waals surface area contributed by atoms with Gasteiger partial charge >= 0.3 is 6.03 Å². The number of halogens is 1. The van der Waals surface area contributed by atoms with Crippen molar-refractivity contribution >= 4 is 45.6 Å². The molecule has 6 rings (SSSR count). The Hall–Kier alpha value is -4.85. The summed E-state index contributed by atoms with van der Waals surface area (Å²) in [5, 5.41) is 8.26. The standard InChI is InChI=1S/C35H37FN6O5S/c1-23(2)42(35(45)37-19-25-10-14-28(36)15-11-25)40-22-33(43)41-31(18-24-12-16-29(17-13-24)38-48(46)47)34(44)39(21-32(40)41)20-27-8-5-7-26-6-3-4-9-30(26)27/h3-17,23,31-32,38H,18-22H2,1-2H3,(H,37,45)(H,46,47)/t31-,32?/m0/s1. The molecule has 4 aromatic rings. The molecule has 0 saturated carbocycles. The van der Waals surface area contributed by atoms with Crippen LogP contribution in [-0.4, -0.2) is 77.8 Å². The molecule has 250 valence electrons. The molecule has 11 nitrogen and oxygen atoms in total. The predicted molar refractivity (Wildman–Crippen MR) is 181 cm³/mol. The molecule has 2 fully saturated rings. The van der Waals surface area contributed by atoms with E-state index in [1.807, 2.05) is 56.3 Å². The van der Waals surface area contributed by atoms with E-state index in [1.54, 1.807) is 51.2 Å². The van der Waals surface area contributed by atoms with Gasteiger partial charge in [0.05, 0.1) is 13.1 Å². The molecule has 0 aliphatic carbocycles. The summed E-state index contributed by atoms with van der Waals surface area (Å²) >= 11 is -2.23. The lowest BCUT2D eigenvalue weighted by atomic mass is 9.99. The minimum atomic E-state index is -2.23. The number of nitrogens with one attached hydrogen (secondary N) is 2. The lowest BCUT2D eigenvalue weighted by Crippen LogP contribution is -2.66. The van der Waals surface area contributed by atoms with Crippen LogP contribution in [0, 0.1) is 5.82 Å². The minimum Gasteiger partial charge on any atom is -0.333 e. The van der Waals surface area contributed by atoms with E-state index >= 15 is 0 Å². The van der Waals surface area contributed by atoms with Crippen LogP contribution in [0.1, 0.15) is 30.5 Å². The molecule has 48 heavy (non-hydrogen) atoms. The van der Waals surface area contributed by atoms with Crippen molar-refractivity contribution in [1.82, 2.24) is 25.1 Å². The summed E-state index contributed by atoms with van der Waals surface area (Å²) in [6.07, 6.45) is -0.408. The first-order valence-corrected chi connectivity index (χ1v) is 16.8. The second-order valence-electron chi connectivity index (χ2n) is 12.2. The van der Waals surface area contributed by atoms with E-state index in [-0.39, 0.29) is 49.7 Å². The first-order chi connectivity index (χ1) is 23.1. The van der Waals surface area contributed by atoms with E-state index in [4.69, 9.17) is 0 Å². The number of urea groups is 1. The Balaban J connectivity index is 1.31. The number of rotatable bonds is 10. The van der Waals surface area contributed by atoms with Gasteiger partial charge in [0.15, 0.2) is 0 Å². The number of carbonyl (C=O) groups is 3. The molecule has 0 spiro atoms. The maximum Gasteiger partial charge on any atom is 0.332 e. The number of fused-ring (bicyclic) bond motifs is 2. The summed E-state index contributed by atoms with van der Waals surface area (Å²) in [6, 6.07) is 25.0. The molecule has 2 unspecified atom stereocenters. The molecular weight excluding hydrogens is 635 g/mol. The Morgan fingerprint density at radius 1 is 0.979 bits per heavy atom. The number of anilines is 1. The number of nitrogens with zero attached hydrogens (tertiary/aromatic N) is 4. The topological polar surface area (TPSA) is 126 Å². The molecule has 2 aliphatic heterocycles. The number of hydrogen-bond acceptors (Lipinski definition) is 5. The van der Waals surface area contributed by atoms with Crippen molar-refractivity contribution in [1.29, 1.82) is 0 Å². The molecule has 2 heterocycles. The number of carbonyl (C=O) groups excluding carboxylic acids is 3. The summed E-state index contributed by atoms with van der Waals surface area (Å²) in [4.78, 5) is 45.2. The zero-order valence-electron chi connectivity index (χ0n) is 26.6. The maximum atomic E-state index is 14.3. The van der Waals surface area contributed by atoms with E-state index in [0.29, 0.717) is 12.2 Å². The van der Waals surface area contributed by atoms with Crippen LogP contribution in [0.25, 0.3) is 10.8 Å². The van der Waals surface area contributed by atoms with Crippen molar-refractivity contribution in [3.63, 3.8) is 0 Å². The molecule has 2 saturated heterocycles. The smallest absolute Gasteiger partial charge is 0.332 e. The highest BCUT2D eigenvalue weighted by atomic mass is 32.2. The third-order valence-electron chi connectivity index (χ3n) is 8.73. The van der Waals surface area contributed by atoms with Crippen molar-refractivity contribution in [2.75, 3.05) is 17.8 Å². The highest BCUT2D eigenvalue weighted by Gasteiger charge is 2.52. The van der Waals surface area contributed by atoms with Gasteiger partial charge in [0.1, 0.15) is 18.0 Å². The van der Waals surface area contributed by atoms with Gasteiger partial charge < -0.3 is 15.1 Å². The van der Waals surface area contributed by atoms with E-state index < -0.39 is 29.5 Å². The number of benzene rings is 4. The molecule has 0 aromatic heterocycles. The van der Waals surface area contributed by atoms with Crippen LogP contribution in [0.15, 0.2) is 91.0 Å². The number of amides is 4. The zero-order chi connectivity index (χ0) is 33.9. The molecule has 13 heteroatoms. The fourth-order valence-corrected chi connectivity index (χ4v) is 6.88. The van der Waals surface area contributed by atoms with Crippen LogP contribution in [-0.2, 0) is 40.4 Å². The number of hydrogen-bond donors (Lipinski definition) is 3. The quantitative estimate of drug-likeness (QED) is 0.214. The summed E-state index contributed by atoms with van der Waals surface area (Å²) in [6.45, 7) is 4.29. The van der Waals surface area contributed by atoms with E-state index in [2.05, 4.69) is 10.0 Å². The van der Waals surface area contributed by atoms with Crippen molar-refractivity contribution < 1.29 is 27.5 Å². The SMILES string of the molecule is CC(C)N(C(=O)NCc1ccc(F)cc1)N1CC(=O)N2C1CN(Cc1cccc3ccccc13)C(=O)[C@@H]2Cc1ccc(NS(=O)O)cc1. The van der Waals surface area contributed by atoms with Gasteiger partial charge in [-0.1, -0.05) is 66.7 Å². The predicted octanol–water partition coefficient (Wildman–Crippen LogP) is 4.49. The van der Waals surface area contributed by atoms with Gasteiger partial charge in [-0.2, -0.15) is 5.01 Å². The molecule has 4 aromatic carbocycles. The Morgan fingerprint density at radius 2 is 1.67 bits per heavy atom. The van der Waals surface area contributed by atoms with Crippen molar-refractivity contribution in [3.05, 3.63) is 114 Å². The summed E-state index contributed by atoms with van der Waals surface area (Å²) in [5.74, 6) is -0.841. The largest absolute Gasteiger partial charge is 0.333 e. The maximum absolute atomic E-state index is 14.3. The second-order valence-corrected chi connectivity index (χ2v) is 12.9. The van der Waals surface area contributed by atoms with Crippen LogP contribution in [0.2, 0.25) is 0 Å². The van der Waals surface area contributed by atoms with E-state index in [9.17, 15) is 27.5 Å². The number of hydrazine groups is 1. The first-order valence-electron chi connectivity index (χ1n) is 15.7. The van der Waals surface area contributed by atoms with Crippen LogP contribution < -0.4 is 10.0 Å². The first kappa shape index (κ1) is 33.1. The van der Waals surface area contributed by atoms with Crippen LogP contribution >= 0.6 is 0 Å². The lowest BCUT2D eigenvalue weighted by Gasteiger charge is -2.47. The van der Waals surface area contributed by atoms with Gasteiger partial charge in [0.2, 0.25) is 11.8 Å². The molecule has 0 radical (unpaired) electrons. The van der Waals surface area contributed by atoms with E-state index in [0.717, 1.165) is 27.5 Å². The Bertz CT molecular complexity index is 1830. The Morgan fingerprint density at radius 3 is 2.38 bits per heavy atom. The zero-order valence-corrected chi connectivity index (χ0v) is 27.4. The average Bonchev–Trinajstić information content (AvgIpc) is 3.38. The third kappa shape index (κ3) is 7.03. The van der Waals surface area contributed by atoms with Gasteiger partial charge in [0.25, 0.3) is 11.3 Å². The van der Waals surface area contributed by atoms with Gasteiger partial charge in [-0.15, -0.1) is 0 Å². The van der Waals surface area contributed by atoms with Gasteiger partial charge in [-0.05, 0) is 65.6 Å². The Kier molecular flexibility index (Phi) is 9.71. The summed E-state index contributed by atoms with van der Waals surface area (Å²) < 4.78 is 36.2. The summed E-state index contributed by atoms with van der Waals surface area (Å²) in [7, 11) is 0. The molecule has 4 amide bonds. The van der Waals surface area contributed by atoms with Crippen LogP contribution in [0.5, 0.6) is 0 Å². The molecule has 2 aliphatic rings. The molecule has 3 N–H and O–H groups in total. The normalized spacial score (nSPS) is 18.7.